The van der Waals surface area contributed by atoms with Crippen molar-refractivity contribution in [3.8, 4) is 11.4 Å². The number of aromatic nitrogens is 2. The van der Waals surface area contributed by atoms with Gasteiger partial charge in [0, 0.05) is 16.5 Å². The number of benzene rings is 1. The van der Waals surface area contributed by atoms with Crippen LogP contribution in [0.2, 0.25) is 0 Å². The van der Waals surface area contributed by atoms with Crippen LogP contribution < -0.4 is 5.73 Å². The average molecular weight is 322 g/mol. The lowest BCUT2D eigenvalue weighted by atomic mass is 9.67. The van der Waals surface area contributed by atoms with Crippen LogP contribution in [0.4, 0.5) is 0 Å². The molecule has 0 unspecified atom stereocenters. The molecule has 0 atom stereocenters. The maximum atomic E-state index is 5.86. The zero-order chi connectivity index (χ0) is 13.3. The van der Waals surface area contributed by atoms with E-state index in [4.69, 9.17) is 10.3 Å². The van der Waals surface area contributed by atoms with E-state index in [9.17, 15) is 0 Å². The molecule has 5 heteroatoms. The van der Waals surface area contributed by atoms with Crippen molar-refractivity contribution in [2.75, 3.05) is 6.54 Å². The minimum atomic E-state index is 0.196. The summed E-state index contributed by atoms with van der Waals surface area (Å²) in [7, 11) is 0. The minimum absolute atomic E-state index is 0.196. The third-order valence-electron chi connectivity index (χ3n) is 3.92. The number of halogens is 1. The van der Waals surface area contributed by atoms with Crippen LogP contribution in [0.25, 0.3) is 11.4 Å². The highest BCUT2D eigenvalue weighted by Crippen LogP contribution is 2.42. The lowest BCUT2D eigenvalue weighted by Crippen LogP contribution is -2.39. The van der Waals surface area contributed by atoms with Crippen molar-refractivity contribution in [3.05, 3.63) is 34.6 Å². The Bertz CT molecular complexity index is 572. The second-order valence-electron chi connectivity index (χ2n) is 5.26. The Hall–Kier alpha value is -1.20. The molecule has 2 N–H and O–H groups in total. The lowest BCUT2D eigenvalue weighted by molar-refractivity contribution is 0.129. The van der Waals surface area contributed by atoms with Crippen LogP contribution in [0.5, 0.6) is 0 Å². The molecule has 1 saturated carbocycles. The monoisotopic (exact) mass is 321 g/mol. The van der Waals surface area contributed by atoms with Gasteiger partial charge in [0.2, 0.25) is 11.7 Å². The highest BCUT2D eigenvalue weighted by molar-refractivity contribution is 9.10. The van der Waals surface area contributed by atoms with E-state index in [-0.39, 0.29) is 5.41 Å². The maximum Gasteiger partial charge on any atom is 0.227 e. The minimum Gasteiger partial charge on any atom is -0.339 e. The van der Waals surface area contributed by atoms with Crippen molar-refractivity contribution < 1.29 is 4.52 Å². The Kier molecular flexibility index (Phi) is 3.41. The first-order chi connectivity index (χ1) is 9.21. The Morgan fingerprint density at radius 1 is 1.37 bits per heavy atom. The summed E-state index contributed by atoms with van der Waals surface area (Å²) in [5.74, 6) is 1.34. The normalized spacial score (nSPS) is 17.2. The van der Waals surface area contributed by atoms with E-state index >= 15 is 0 Å². The van der Waals surface area contributed by atoms with Crippen LogP contribution >= 0.6 is 15.9 Å². The number of nitrogens with zero attached hydrogens (tertiary/aromatic N) is 2. The zero-order valence-corrected chi connectivity index (χ0v) is 12.2. The molecule has 0 bridgehead atoms. The fraction of sp³-hybridized carbons (Fsp3) is 0.429. The van der Waals surface area contributed by atoms with Gasteiger partial charge in [-0.15, -0.1) is 0 Å². The molecule has 2 aromatic rings. The predicted molar refractivity (Wildman–Crippen MR) is 76.5 cm³/mol. The van der Waals surface area contributed by atoms with Crippen molar-refractivity contribution >= 4 is 15.9 Å². The fourth-order valence-electron chi connectivity index (χ4n) is 2.52. The van der Waals surface area contributed by atoms with Crippen molar-refractivity contribution in [3.63, 3.8) is 0 Å². The largest absolute Gasteiger partial charge is 0.339 e. The molecule has 0 spiro atoms. The van der Waals surface area contributed by atoms with Gasteiger partial charge in [0.05, 0.1) is 0 Å². The summed E-state index contributed by atoms with van der Waals surface area (Å²) in [5.41, 5.74) is 7.01. The van der Waals surface area contributed by atoms with Gasteiger partial charge in [-0.1, -0.05) is 39.6 Å². The van der Waals surface area contributed by atoms with E-state index in [0.717, 1.165) is 29.3 Å². The Labute approximate surface area is 120 Å². The van der Waals surface area contributed by atoms with Crippen LogP contribution in [0.1, 0.15) is 25.2 Å². The molecule has 3 rings (SSSR count). The Balaban J connectivity index is 1.80. The first kappa shape index (κ1) is 12.8. The van der Waals surface area contributed by atoms with Gasteiger partial charge in [0.25, 0.3) is 0 Å². The molecule has 0 aliphatic heterocycles. The Morgan fingerprint density at radius 3 is 2.84 bits per heavy atom. The van der Waals surface area contributed by atoms with Gasteiger partial charge in [-0.05, 0) is 36.9 Å². The van der Waals surface area contributed by atoms with E-state index in [1.54, 1.807) is 0 Å². The van der Waals surface area contributed by atoms with Crippen molar-refractivity contribution in [2.45, 2.75) is 25.7 Å². The van der Waals surface area contributed by atoms with Crippen LogP contribution in [-0.2, 0) is 6.42 Å². The first-order valence-corrected chi connectivity index (χ1v) is 7.29. The molecule has 4 nitrogen and oxygen atoms in total. The van der Waals surface area contributed by atoms with Crippen molar-refractivity contribution in [1.29, 1.82) is 0 Å². The summed E-state index contributed by atoms with van der Waals surface area (Å²) in [6.07, 6.45) is 4.38. The van der Waals surface area contributed by atoms with Gasteiger partial charge in [0.1, 0.15) is 0 Å². The highest BCUT2D eigenvalue weighted by Gasteiger charge is 2.37. The quantitative estimate of drug-likeness (QED) is 0.939. The molecule has 1 aliphatic rings. The van der Waals surface area contributed by atoms with Crippen LogP contribution in [0, 0.1) is 5.41 Å². The van der Waals surface area contributed by atoms with Gasteiger partial charge in [-0.2, -0.15) is 4.98 Å². The molecule has 1 heterocycles. The SMILES string of the molecule is NCC1(Cc2nc(-c3cccc(Br)c3)no2)CCC1. The highest BCUT2D eigenvalue weighted by atomic mass is 79.9. The van der Waals surface area contributed by atoms with E-state index < -0.39 is 0 Å². The molecular weight excluding hydrogens is 306 g/mol. The van der Waals surface area contributed by atoms with Crippen LogP contribution in [0.3, 0.4) is 0 Å². The van der Waals surface area contributed by atoms with Gasteiger partial charge >= 0.3 is 0 Å². The molecule has 0 saturated heterocycles. The van der Waals surface area contributed by atoms with Crippen molar-refractivity contribution in [1.82, 2.24) is 10.1 Å². The molecule has 0 amide bonds. The summed E-state index contributed by atoms with van der Waals surface area (Å²) < 4.78 is 6.37. The fourth-order valence-corrected chi connectivity index (χ4v) is 2.92. The summed E-state index contributed by atoms with van der Waals surface area (Å²) >= 11 is 3.44. The second kappa shape index (κ2) is 5.06. The first-order valence-electron chi connectivity index (χ1n) is 6.49. The molecule has 19 heavy (non-hydrogen) atoms. The number of hydrogen-bond acceptors (Lipinski definition) is 4. The summed E-state index contributed by atoms with van der Waals surface area (Å²) in [4.78, 5) is 4.48. The molecule has 1 aliphatic carbocycles. The van der Waals surface area contributed by atoms with E-state index in [0.29, 0.717) is 18.3 Å². The molecule has 1 aromatic carbocycles. The van der Waals surface area contributed by atoms with Gasteiger partial charge in [-0.25, -0.2) is 0 Å². The standard InChI is InChI=1S/C14H16BrN3O/c15-11-4-1-3-10(7-11)13-17-12(19-18-13)8-14(9-16)5-2-6-14/h1,3-4,7H,2,5-6,8-9,16H2. The maximum absolute atomic E-state index is 5.86. The number of hydrogen-bond donors (Lipinski definition) is 1. The third-order valence-corrected chi connectivity index (χ3v) is 4.42. The summed E-state index contributed by atoms with van der Waals surface area (Å²) in [6, 6.07) is 7.89. The topological polar surface area (TPSA) is 64.9 Å². The summed E-state index contributed by atoms with van der Waals surface area (Å²) in [5, 5.41) is 4.06. The van der Waals surface area contributed by atoms with Crippen molar-refractivity contribution in [2.24, 2.45) is 11.1 Å². The predicted octanol–water partition coefficient (Wildman–Crippen LogP) is 3.17. The number of nitrogens with two attached hydrogens (primary N) is 1. The molecular formula is C14H16BrN3O. The molecule has 1 fully saturated rings. The smallest absolute Gasteiger partial charge is 0.227 e. The van der Waals surface area contributed by atoms with Gasteiger partial charge in [0.15, 0.2) is 0 Å². The van der Waals surface area contributed by atoms with Gasteiger partial charge in [-0.3, -0.25) is 0 Å². The van der Waals surface area contributed by atoms with E-state index in [2.05, 4.69) is 26.1 Å². The van der Waals surface area contributed by atoms with E-state index in [1.807, 2.05) is 24.3 Å². The molecule has 1 aromatic heterocycles. The average Bonchev–Trinajstić information content (AvgIpc) is 2.82. The van der Waals surface area contributed by atoms with E-state index in [1.165, 1.54) is 6.42 Å². The van der Waals surface area contributed by atoms with Crippen LogP contribution in [0.15, 0.2) is 33.3 Å². The third kappa shape index (κ3) is 2.58. The lowest BCUT2D eigenvalue weighted by Gasteiger charge is -2.39. The van der Waals surface area contributed by atoms with Crippen LogP contribution in [-0.4, -0.2) is 16.7 Å². The second-order valence-corrected chi connectivity index (χ2v) is 6.17. The van der Waals surface area contributed by atoms with Gasteiger partial charge < -0.3 is 10.3 Å². The molecule has 0 radical (unpaired) electrons. The molecule has 100 valence electrons. The number of rotatable bonds is 4. The zero-order valence-electron chi connectivity index (χ0n) is 10.6. The Morgan fingerprint density at radius 2 is 2.21 bits per heavy atom. The summed E-state index contributed by atoms with van der Waals surface area (Å²) in [6.45, 7) is 0.696.